The molecule has 0 heterocycles. The van der Waals surface area contributed by atoms with Crippen LogP contribution >= 0.6 is 12.6 Å². The molecule has 0 unspecified atom stereocenters. The van der Waals surface area contributed by atoms with Crippen molar-refractivity contribution in [2.24, 2.45) is 0 Å². The molecule has 1 aromatic carbocycles. The van der Waals surface area contributed by atoms with Crippen LogP contribution in [0.4, 0.5) is 0 Å². The Hall–Kier alpha value is -0.413. The smallest absolute Gasteiger partial charge is 0.245 e. The molecule has 0 bridgehead atoms. The van der Waals surface area contributed by atoms with Crippen molar-refractivity contribution in [1.29, 1.82) is 0 Å². The average molecular weight is 240 g/mol. The fourth-order valence-corrected chi connectivity index (χ4v) is 3.80. The second kappa shape index (κ2) is 5.61. The fourth-order valence-electron chi connectivity index (χ4n) is 1.52. The van der Waals surface area contributed by atoms with Crippen molar-refractivity contribution in [1.82, 2.24) is 0 Å². The molecule has 84 valence electrons. The molecule has 0 aliphatic heterocycles. The Morgan fingerprint density at radius 3 is 2.67 bits per heavy atom. The molecule has 0 atom stereocenters. The first-order chi connectivity index (χ1) is 7.03. The molecule has 1 nitrogen and oxygen atoms in total. The molecule has 0 saturated heterocycles. The van der Waals surface area contributed by atoms with E-state index in [4.69, 9.17) is 4.43 Å². The van der Waals surface area contributed by atoms with Crippen molar-refractivity contribution in [3.8, 4) is 5.75 Å². The zero-order chi connectivity index (χ0) is 11.3. The predicted molar refractivity (Wildman–Crippen MR) is 71.5 cm³/mol. The van der Waals surface area contributed by atoms with Crippen LogP contribution < -0.4 is 4.43 Å². The predicted octanol–water partition coefficient (Wildman–Crippen LogP) is 4.36. The highest BCUT2D eigenvalue weighted by Gasteiger charge is 2.23. The Labute approximate surface area is 99.4 Å². The number of thiol groups is 1. The molecule has 1 aromatic rings. The zero-order valence-electron chi connectivity index (χ0n) is 9.79. The first-order valence-electron chi connectivity index (χ1n) is 5.51. The highest BCUT2D eigenvalue weighted by molar-refractivity contribution is 7.80. The summed E-state index contributed by atoms with van der Waals surface area (Å²) >= 11 is 4.31. The van der Waals surface area contributed by atoms with E-state index in [-0.39, 0.29) is 0 Å². The summed E-state index contributed by atoms with van der Waals surface area (Å²) in [5.41, 5.74) is 0. The number of unbranched alkanes of at least 4 members (excludes halogenated alkanes) is 1. The van der Waals surface area contributed by atoms with Crippen LogP contribution in [0.15, 0.2) is 29.2 Å². The second-order valence-electron chi connectivity index (χ2n) is 4.46. The third-order valence-electron chi connectivity index (χ3n) is 2.34. The Morgan fingerprint density at radius 1 is 1.33 bits per heavy atom. The van der Waals surface area contributed by atoms with E-state index in [9.17, 15) is 0 Å². The molecule has 0 spiro atoms. The number of rotatable bonds is 5. The highest BCUT2D eigenvalue weighted by Crippen LogP contribution is 2.22. The van der Waals surface area contributed by atoms with Gasteiger partial charge in [0.05, 0.1) is 0 Å². The van der Waals surface area contributed by atoms with Gasteiger partial charge in [0.1, 0.15) is 5.75 Å². The van der Waals surface area contributed by atoms with E-state index < -0.39 is 8.32 Å². The van der Waals surface area contributed by atoms with Gasteiger partial charge in [0.15, 0.2) is 0 Å². The van der Waals surface area contributed by atoms with E-state index in [1.54, 1.807) is 0 Å². The van der Waals surface area contributed by atoms with Crippen molar-refractivity contribution in [2.45, 2.75) is 43.8 Å². The van der Waals surface area contributed by atoms with E-state index in [2.05, 4.69) is 32.6 Å². The van der Waals surface area contributed by atoms with Gasteiger partial charge in [-0.2, -0.15) is 0 Å². The molecule has 0 saturated carbocycles. The van der Waals surface area contributed by atoms with Crippen LogP contribution in [-0.2, 0) is 0 Å². The van der Waals surface area contributed by atoms with Gasteiger partial charge in [0, 0.05) is 4.90 Å². The molecule has 0 radical (unpaired) electrons. The molecule has 0 N–H and O–H groups in total. The summed E-state index contributed by atoms with van der Waals surface area (Å²) < 4.78 is 6.07. The summed E-state index contributed by atoms with van der Waals surface area (Å²) in [6.45, 7) is 6.76. The average Bonchev–Trinajstić information content (AvgIpc) is 2.14. The number of benzene rings is 1. The summed E-state index contributed by atoms with van der Waals surface area (Å²) in [5.74, 6) is 0.968. The lowest BCUT2D eigenvalue weighted by Gasteiger charge is -2.24. The fraction of sp³-hybridized carbons (Fsp3) is 0.500. The van der Waals surface area contributed by atoms with E-state index in [0.29, 0.717) is 0 Å². The van der Waals surface area contributed by atoms with Gasteiger partial charge in [0.2, 0.25) is 8.32 Å². The van der Waals surface area contributed by atoms with Crippen LogP contribution in [0, 0.1) is 0 Å². The van der Waals surface area contributed by atoms with Gasteiger partial charge in [-0.15, -0.1) is 12.6 Å². The molecule has 15 heavy (non-hydrogen) atoms. The Balaban J connectivity index is 2.60. The summed E-state index contributed by atoms with van der Waals surface area (Å²) in [4.78, 5) is 0.966. The summed E-state index contributed by atoms with van der Waals surface area (Å²) in [6, 6.07) is 9.18. The molecule has 0 amide bonds. The highest BCUT2D eigenvalue weighted by atomic mass is 32.1. The van der Waals surface area contributed by atoms with Crippen molar-refractivity contribution in [3.05, 3.63) is 24.3 Å². The standard InChI is InChI=1S/C12H20OSSi/c1-4-5-9-15(2,3)13-11-7-6-8-12(14)10-11/h6-8,10,14H,4-5,9H2,1-3H3. The van der Waals surface area contributed by atoms with Gasteiger partial charge in [-0.25, -0.2) is 0 Å². The number of hydrogen-bond donors (Lipinski definition) is 1. The maximum Gasteiger partial charge on any atom is 0.245 e. The first-order valence-corrected chi connectivity index (χ1v) is 9.08. The van der Waals surface area contributed by atoms with Crippen LogP contribution in [0.3, 0.4) is 0 Å². The summed E-state index contributed by atoms with van der Waals surface area (Å²) in [7, 11) is -1.52. The topological polar surface area (TPSA) is 9.23 Å². The molecule has 0 aliphatic carbocycles. The molecule has 0 fully saturated rings. The van der Waals surface area contributed by atoms with Crippen molar-refractivity contribution >= 4 is 20.9 Å². The minimum Gasteiger partial charge on any atom is -0.544 e. The number of hydrogen-bond acceptors (Lipinski definition) is 2. The quantitative estimate of drug-likeness (QED) is 0.594. The van der Waals surface area contributed by atoms with Gasteiger partial charge >= 0.3 is 0 Å². The largest absolute Gasteiger partial charge is 0.544 e. The first kappa shape index (κ1) is 12.7. The van der Waals surface area contributed by atoms with Crippen LogP contribution in [-0.4, -0.2) is 8.32 Å². The molecule has 0 aliphatic rings. The lowest BCUT2D eigenvalue weighted by Crippen LogP contribution is -2.33. The van der Waals surface area contributed by atoms with Crippen molar-refractivity contribution in [2.75, 3.05) is 0 Å². The van der Waals surface area contributed by atoms with Gasteiger partial charge in [-0.1, -0.05) is 25.8 Å². The Kier molecular flexibility index (Phi) is 4.73. The lowest BCUT2D eigenvalue weighted by molar-refractivity contribution is 0.541. The van der Waals surface area contributed by atoms with E-state index in [1.165, 1.54) is 18.9 Å². The van der Waals surface area contributed by atoms with E-state index >= 15 is 0 Å². The Bertz CT molecular complexity index is 312. The molecular weight excluding hydrogens is 220 g/mol. The molecule has 1 rings (SSSR count). The van der Waals surface area contributed by atoms with E-state index in [1.807, 2.05) is 24.3 Å². The van der Waals surface area contributed by atoms with Gasteiger partial charge in [-0.3, -0.25) is 0 Å². The van der Waals surface area contributed by atoms with E-state index in [0.717, 1.165) is 10.6 Å². The van der Waals surface area contributed by atoms with Crippen LogP contribution in [0.1, 0.15) is 19.8 Å². The third kappa shape index (κ3) is 4.75. The monoisotopic (exact) mass is 240 g/mol. The minimum absolute atomic E-state index is 0.966. The van der Waals surface area contributed by atoms with Crippen LogP contribution in [0.2, 0.25) is 19.1 Å². The third-order valence-corrected chi connectivity index (χ3v) is 4.97. The second-order valence-corrected chi connectivity index (χ2v) is 9.20. The van der Waals surface area contributed by atoms with Crippen LogP contribution in [0.25, 0.3) is 0 Å². The van der Waals surface area contributed by atoms with Crippen molar-refractivity contribution in [3.63, 3.8) is 0 Å². The lowest BCUT2D eigenvalue weighted by atomic mass is 10.3. The Morgan fingerprint density at radius 2 is 2.07 bits per heavy atom. The minimum atomic E-state index is -1.52. The maximum atomic E-state index is 6.07. The summed E-state index contributed by atoms with van der Waals surface area (Å²) in [6.07, 6.45) is 2.51. The van der Waals surface area contributed by atoms with Gasteiger partial charge in [-0.05, 0) is 37.3 Å². The van der Waals surface area contributed by atoms with Gasteiger partial charge < -0.3 is 4.43 Å². The zero-order valence-corrected chi connectivity index (χ0v) is 11.7. The normalized spacial score (nSPS) is 11.5. The molecular formula is C12H20OSSi. The van der Waals surface area contributed by atoms with Crippen molar-refractivity contribution < 1.29 is 4.43 Å². The summed E-state index contributed by atoms with van der Waals surface area (Å²) in [5, 5.41) is 0. The molecule has 3 heteroatoms. The van der Waals surface area contributed by atoms with Gasteiger partial charge in [0.25, 0.3) is 0 Å². The maximum absolute atomic E-state index is 6.07. The van der Waals surface area contributed by atoms with Crippen LogP contribution in [0.5, 0.6) is 5.75 Å². The SMILES string of the molecule is CCCC[Si](C)(C)Oc1cccc(S)c1. The molecule has 0 aromatic heterocycles.